The van der Waals surface area contributed by atoms with Gasteiger partial charge in [-0.2, -0.15) is 0 Å². The molecule has 0 bridgehead atoms. The molecule has 0 aliphatic rings. The first-order valence-electron chi connectivity index (χ1n) is 4.84. The monoisotopic (exact) mass is 338 g/mol. The standard InChI is InChI=1S/C11H15IO4/c1-15-7-16-6-10(13)11(14)8-4-2-3-5-9(8)12/h2-5,10-11,13-14H,6-7H2,1H3/t10-,11-/m1/s1. The first-order chi connectivity index (χ1) is 7.66. The molecule has 1 aromatic rings. The van der Waals surface area contributed by atoms with Crippen LogP contribution in [0.5, 0.6) is 0 Å². The number of hydrogen-bond acceptors (Lipinski definition) is 4. The fourth-order valence-corrected chi connectivity index (χ4v) is 1.97. The van der Waals surface area contributed by atoms with Gasteiger partial charge in [0.1, 0.15) is 19.0 Å². The van der Waals surface area contributed by atoms with Crippen molar-refractivity contribution in [2.75, 3.05) is 20.5 Å². The highest BCUT2D eigenvalue weighted by molar-refractivity contribution is 14.1. The minimum Gasteiger partial charge on any atom is -0.388 e. The molecule has 0 fully saturated rings. The predicted molar refractivity (Wildman–Crippen MR) is 68.0 cm³/mol. The number of methoxy groups -OCH3 is 1. The molecule has 1 aromatic carbocycles. The fourth-order valence-electron chi connectivity index (χ4n) is 1.27. The maximum absolute atomic E-state index is 9.89. The number of ether oxygens (including phenoxy) is 2. The summed E-state index contributed by atoms with van der Waals surface area (Å²) in [6.45, 7) is 0.148. The first-order valence-corrected chi connectivity index (χ1v) is 5.92. The molecular weight excluding hydrogens is 323 g/mol. The summed E-state index contributed by atoms with van der Waals surface area (Å²) in [5, 5.41) is 19.6. The van der Waals surface area contributed by atoms with Gasteiger partial charge < -0.3 is 19.7 Å². The van der Waals surface area contributed by atoms with E-state index in [9.17, 15) is 10.2 Å². The van der Waals surface area contributed by atoms with E-state index in [1.807, 2.05) is 18.2 Å². The molecule has 0 saturated carbocycles. The zero-order valence-corrected chi connectivity index (χ0v) is 11.1. The minimum atomic E-state index is -0.953. The van der Waals surface area contributed by atoms with Gasteiger partial charge in [0, 0.05) is 10.7 Å². The summed E-state index contributed by atoms with van der Waals surface area (Å²) in [4.78, 5) is 0. The smallest absolute Gasteiger partial charge is 0.146 e. The number of aliphatic hydroxyl groups excluding tert-OH is 2. The number of halogens is 1. The van der Waals surface area contributed by atoms with Crippen molar-refractivity contribution >= 4 is 22.6 Å². The number of rotatable bonds is 6. The van der Waals surface area contributed by atoms with Crippen molar-refractivity contribution in [1.82, 2.24) is 0 Å². The molecule has 1 rings (SSSR count). The van der Waals surface area contributed by atoms with Gasteiger partial charge in [-0.05, 0) is 34.2 Å². The average Bonchev–Trinajstić information content (AvgIpc) is 2.29. The molecule has 0 aliphatic heterocycles. The van der Waals surface area contributed by atoms with Crippen molar-refractivity contribution in [3.63, 3.8) is 0 Å². The average molecular weight is 338 g/mol. The van der Waals surface area contributed by atoms with Gasteiger partial charge in [-0.15, -0.1) is 0 Å². The van der Waals surface area contributed by atoms with Crippen molar-refractivity contribution < 1.29 is 19.7 Å². The summed E-state index contributed by atoms with van der Waals surface area (Å²) in [6.07, 6.45) is -1.89. The Labute approximate surface area is 108 Å². The molecule has 0 heterocycles. The zero-order chi connectivity index (χ0) is 12.0. The van der Waals surface area contributed by atoms with E-state index in [1.54, 1.807) is 6.07 Å². The van der Waals surface area contributed by atoms with Gasteiger partial charge in [-0.3, -0.25) is 0 Å². The molecule has 2 atom stereocenters. The van der Waals surface area contributed by atoms with E-state index < -0.39 is 12.2 Å². The van der Waals surface area contributed by atoms with Crippen molar-refractivity contribution in [2.45, 2.75) is 12.2 Å². The van der Waals surface area contributed by atoms with Crippen LogP contribution in [0, 0.1) is 3.57 Å². The van der Waals surface area contributed by atoms with Crippen LogP contribution in [-0.2, 0) is 9.47 Å². The number of hydrogen-bond donors (Lipinski definition) is 2. The van der Waals surface area contributed by atoms with Gasteiger partial charge in [0.15, 0.2) is 0 Å². The van der Waals surface area contributed by atoms with Crippen LogP contribution in [0.3, 0.4) is 0 Å². The second-order valence-electron chi connectivity index (χ2n) is 3.31. The molecule has 4 nitrogen and oxygen atoms in total. The van der Waals surface area contributed by atoms with E-state index >= 15 is 0 Å². The Bertz CT molecular complexity index is 319. The van der Waals surface area contributed by atoms with Crippen LogP contribution in [0.25, 0.3) is 0 Å². The Hall–Kier alpha value is -0.210. The molecule has 2 N–H and O–H groups in total. The van der Waals surface area contributed by atoms with Gasteiger partial charge in [-0.25, -0.2) is 0 Å². The Morgan fingerprint density at radius 1 is 1.31 bits per heavy atom. The third-order valence-corrected chi connectivity index (χ3v) is 3.06. The molecule has 0 unspecified atom stereocenters. The maximum atomic E-state index is 9.89. The highest BCUT2D eigenvalue weighted by atomic mass is 127. The maximum Gasteiger partial charge on any atom is 0.146 e. The zero-order valence-electron chi connectivity index (χ0n) is 8.97. The summed E-state index contributed by atoms with van der Waals surface area (Å²) in [7, 11) is 1.50. The van der Waals surface area contributed by atoms with Crippen LogP contribution in [-0.4, -0.2) is 36.8 Å². The summed E-state index contributed by atoms with van der Waals surface area (Å²) in [5.41, 5.74) is 0.705. The molecule has 5 heteroatoms. The van der Waals surface area contributed by atoms with Crippen molar-refractivity contribution in [2.24, 2.45) is 0 Å². The molecule has 0 saturated heterocycles. The van der Waals surface area contributed by atoms with E-state index in [2.05, 4.69) is 27.3 Å². The van der Waals surface area contributed by atoms with Crippen LogP contribution in [0.4, 0.5) is 0 Å². The van der Waals surface area contributed by atoms with E-state index in [0.717, 1.165) is 3.57 Å². The number of aliphatic hydroxyl groups is 2. The third kappa shape index (κ3) is 3.99. The SMILES string of the molecule is COCOC[C@@H](O)[C@H](O)c1ccccc1I. The van der Waals surface area contributed by atoms with Crippen molar-refractivity contribution in [3.05, 3.63) is 33.4 Å². The molecule has 0 amide bonds. The van der Waals surface area contributed by atoms with Crippen LogP contribution in [0.2, 0.25) is 0 Å². The Morgan fingerprint density at radius 3 is 2.62 bits per heavy atom. The summed E-state index contributed by atoms with van der Waals surface area (Å²) in [6, 6.07) is 7.36. The Morgan fingerprint density at radius 2 is 2.00 bits per heavy atom. The van der Waals surface area contributed by atoms with Gasteiger partial charge in [0.05, 0.1) is 6.61 Å². The van der Waals surface area contributed by atoms with Crippen LogP contribution < -0.4 is 0 Å². The predicted octanol–water partition coefficient (Wildman–Crippen LogP) is 1.31. The van der Waals surface area contributed by atoms with Crippen LogP contribution in [0.15, 0.2) is 24.3 Å². The Kier molecular flexibility index (Phi) is 6.22. The normalized spacial score (nSPS) is 14.8. The topological polar surface area (TPSA) is 58.9 Å². The third-order valence-electron chi connectivity index (χ3n) is 2.08. The lowest BCUT2D eigenvalue weighted by Gasteiger charge is -2.19. The molecule has 0 spiro atoms. The lowest BCUT2D eigenvalue weighted by atomic mass is 10.1. The first kappa shape index (κ1) is 13.9. The van der Waals surface area contributed by atoms with Crippen LogP contribution >= 0.6 is 22.6 Å². The van der Waals surface area contributed by atoms with Crippen molar-refractivity contribution in [3.8, 4) is 0 Å². The second kappa shape index (κ2) is 7.18. The minimum absolute atomic E-state index is 0.0416. The van der Waals surface area contributed by atoms with Gasteiger partial charge in [-0.1, -0.05) is 18.2 Å². The fraction of sp³-hybridized carbons (Fsp3) is 0.455. The second-order valence-corrected chi connectivity index (χ2v) is 4.47. The quantitative estimate of drug-likeness (QED) is 0.467. The van der Waals surface area contributed by atoms with Crippen molar-refractivity contribution in [1.29, 1.82) is 0 Å². The molecular formula is C11H15IO4. The molecule has 0 aromatic heterocycles. The summed E-state index contributed by atoms with van der Waals surface area (Å²) < 4.78 is 10.6. The van der Waals surface area contributed by atoms with Crippen LogP contribution in [0.1, 0.15) is 11.7 Å². The van der Waals surface area contributed by atoms with Gasteiger partial charge in [0.2, 0.25) is 0 Å². The number of benzene rings is 1. The van der Waals surface area contributed by atoms with E-state index in [0.29, 0.717) is 5.56 Å². The van der Waals surface area contributed by atoms with Gasteiger partial charge >= 0.3 is 0 Å². The lowest BCUT2D eigenvalue weighted by Crippen LogP contribution is -2.25. The molecule has 0 aliphatic carbocycles. The highest BCUT2D eigenvalue weighted by Gasteiger charge is 2.20. The highest BCUT2D eigenvalue weighted by Crippen LogP contribution is 2.22. The Balaban J connectivity index is 2.56. The summed E-state index contributed by atoms with van der Waals surface area (Å²) >= 11 is 2.12. The molecule has 16 heavy (non-hydrogen) atoms. The largest absolute Gasteiger partial charge is 0.388 e. The molecule has 0 radical (unpaired) electrons. The van der Waals surface area contributed by atoms with E-state index in [-0.39, 0.29) is 13.4 Å². The van der Waals surface area contributed by atoms with E-state index in [4.69, 9.17) is 4.74 Å². The van der Waals surface area contributed by atoms with Gasteiger partial charge in [0.25, 0.3) is 0 Å². The lowest BCUT2D eigenvalue weighted by molar-refractivity contribution is -0.0901. The summed E-state index contributed by atoms with van der Waals surface area (Å²) in [5.74, 6) is 0. The van der Waals surface area contributed by atoms with E-state index in [1.165, 1.54) is 7.11 Å². The molecule has 90 valence electrons.